The Morgan fingerprint density at radius 2 is 0.655 bits per heavy atom. The van der Waals surface area contributed by atoms with E-state index in [9.17, 15) is 74.6 Å². The normalized spacial score (nSPS) is 15.7. The van der Waals surface area contributed by atoms with E-state index in [-0.39, 0.29) is 6.61 Å². The van der Waals surface area contributed by atoms with E-state index in [1.807, 2.05) is 0 Å². The van der Waals surface area contributed by atoms with E-state index in [1.54, 1.807) is 6.92 Å². The second-order valence-electron chi connectivity index (χ2n) is 4.88. The van der Waals surface area contributed by atoms with Crippen LogP contribution in [0.4, 0.5) is 74.6 Å². The van der Waals surface area contributed by atoms with Gasteiger partial charge in [-0.15, -0.1) is 0 Å². The van der Waals surface area contributed by atoms with Crippen molar-refractivity contribution in [3.05, 3.63) is 0 Å². The molecule has 29 heavy (non-hydrogen) atoms. The predicted octanol–water partition coefficient (Wildman–Crippen LogP) is 4.91. The molecule has 0 spiro atoms. The first-order valence-electron chi connectivity index (χ1n) is 6.27. The number of rotatable bonds is 6. The number of aliphatic hydroxyl groups is 1. The van der Waals surface area contributed by atoms with Gasteiger partial charge in [-0.2, -0.15) is 74.6 Å². The topological polar surface area (TPSA) is 46.2 Å². The van der Waals surface area contributed by atoms with Crippen LogP contribution in [0, 0.1) is 0 Å². The lowest BCUT2D eigenvalue weighted by Crippen LogP contribution is -2.75. The molecule has 0 aliphatic heterocycles. The number of aliphatic hydroxyl groups excluding tert-OH is 1. The molecular formula is C10H8F17NO. The molecule has 0 bridgehead atoms. The van der Waals surface area contributed by atoms with Gasteiger partial charge in [0.05, 0.1) is 0 Å². The minimum absolute atomic E-state index is 0.250. The van der Waals surface area contributed by atoms with Crippen LogP contribution >= 0.6 is 0 Å². The molecule has 0 heterocycles. The monoisotopic (exact) mass is 481 g/mol. The molecule has 178 valence electrons. The zero-order valence-corrected chi connectivity index (χ0v) is 13.2. The lowest BCUT2D eigenvalue weighted by molar-refractivity contribution is -0.461. The van der Waals surface area contributed by atoms with Gasteiger partial charge in [0.1, 0.15) is 0 Å². The van der Waals surface area contributed by atoms with Crippen LogP contribution in [0.3, 0.4) is 0 Å². The van der Waals surface area contributed by atoms with Crippen molar-refractivity contribution in [3.8, 4) is 0 Å². The third-order valence-corrected chi connectivity index (χ3v) is 2.75. The van der Waals surface area contributed by atoms with Crippen LogP contribution in [0.15, 0.2) is 0 Å². The lowest BCUT2D eigenvalue weighted by atomic mass is 9.90. The van der Waals surface area contributed by atoms with Crippen LogP contribution in [0.2, 0.25) is 0 Å². The van der Waals surface area contributed by atoms with Crippen molar-refractivity contribution < 1.29 is 79.7 Å². The molecule has 0 atom stereocenters. The molecule has 3 N–H and O–H groups in total. The van der Waals surface area contributed by atoms with Crippen LogP contribution in [-0.4, -0.2) is 59.5 Å². The summed E-state index contributed by atoms with van der Waals surface area (Å²) in [4.78, 5) is 0. The van der Waals surface area contributed by atoms with Crippen molar-refractivity contribution >= 4 is 0 Å². The van der Waals surface area contributed by atoms with Crippen LogP contribution < -0.4 is 5.73 Å². The smallest absolute Gasteiger partial charge is 0.397 e. The summed E-state index contributed by atoms with van der Waals surface area (Å²) in [5.74, 6) is -49.9. The molecule has 0 unspecified atom stereocenters. The van der Waals surface area contributed by atoms with Gasteiger partial charge in [-0.1, -0.05) is 0 Å². The van der Waals surface area contributed by atoms with Gasteiger partial charge < -0.3 is 5.11 Å². The summed E-state index contributed by atoms with van der Waals surface area (Å²) in [6.07, 6.45) is -7.76. The molecule has 0 aromatic carbocycles. The summed E-state index contributed by atoms with van der Waals surface area (Å²) in [6.45, 7) is 1.93. The summed E-state index contributed by atoms with van der Waals surface area (Å²) in [7, 11) is 0. The molecule has 19 heteroatoms. The molecule has 0 amide bonds. The van der Waals surface area contributed by atoms with Gasteiger partial charge in [-0.3, -0.25) is 5.73 Å². The highest BCUT2D eigenvalue weighted by Crippen LogP contribution is 2.63. The average molecular weight is 481 g/mol. The SMILES string of the molecule is CCO.NC(F)(F)C(F)(F)C(F)(F)C(F)(F)C(F)(F)C(F)(F)C(F)(F)C(F)(F)F. The van der Waals surface area contributed by atoms with E-state index >= 15 is 0 Å². The van der Waals surface area contributed by atoms with Crippen molar-refractivity contribution in [2.24, 2.45) is 5.73 Å². The molecule has 0 aliphatic rings. The Labute approximate surface area is 148 Å². The zero-order chi connectivity index (χ0) is 24.7. The molecule has 0 radical (unpaired) electrons. The number of hydrogen-bond donors (Lipinski definition) is 2. The van der Waals surface area contributed by atoms with Crippen LogP contribution in [-0.2, 0) is 0 Å². The van der Waals surface area contributed by atoms with Gasteiger partial charge in [-0.05, 0) is 6.92 Å². The van der Waals surface area contributed by atoms with E-state index in [2.05, 4.69) is 5.73 Å². The lowest BCUT2D eigenvalue weighted by Gasteiger charge is -2.42. The maximum atomic E-state index is 12.9. The van der Waals surface area contributed by atoms with Gasteiger partial charge in [0.25, 0.3) is 0 Å². The van der Waals surface area contributed by atoms with Crippen molar-refractivity contribution in [1.29, 1.82) is 0 Å². The Bertz CT molecular complexity index is 497. The minimum atomic E-state index is -8.61. The molecule has 2 nitrogen and oxygen atoms in total. The average Bonchev–Trinajstić information content (AvgIpc) is 2.44. The fraction of sp³-hybridized carbons (Fsp3) is 1.00. The van der Waals surface area contributed by atoms with Crippen molar-refractivity contribution in [1.82, 2.24) is 0 Å². The standard InChI is InChI=1S/C8H2F17N.C2H6O/c9-1(10,3(13,14)5(17,18)7(21,22)23)2(11,12)4(15,16)6(19,20)8(24,25)26;1-2-3/h26H2;3H,2H2,1H3. The molecule has 0 saturated carbocycles. The highest BCUT2D eigenvalue weighted by atomic mass is 19.4. The quantitative estimate of drug-likeness (QED) is 0.419. The highest BCUT2D eigenvalue weighted by molar-refractivity contribution is 5.14. The number of halogens is 17. The van der Waals surface area contributed by atoms with E-state index in [1.165, 1.54) is 0 Å². The molecule has 0 aliphatic carbocycles. The first-order chi connectivity index (χ1) is 12.2. The highest BCUT2D eigenvalue weighted by Gasteiger charge is 2.95. The first-order valence-corrected chi connectivity index (χ1v) is 6.27. The van der Waals surface area contributed by atoms with E-state index < -0.39 is 47.8 Å². The Morgan fingerprint density at radius 3 is 0.828 bits per heavy atom. The summed E-state index contributed by atoms with van der Waals surface area (Å²) in [5.41, 5.74) is 3.05. The van der Waals surface area contributed by atoms with E-state index in [0.717, 1.165) is 0 Å². The zero-order valence-electron chi connectivity index (χ0n) is 13.2. The number of alkyl halides is 17. The Hall–Kier alpha value is -1.27. The van der Waals surface area contributed by atoms with E-state index in [4.69, 9.17) is 5.11 Å². The van der Waals surface area contributed by atoms with Gasteiger partial charge in [0.2, 0.25) is 0 Å². The molecule has 0 saturated heterocycles. The van der Waals surface area contributed by atoms with Gasteiger partial charge in [-0.25, -0.2) is 0 Å². The largest absolute Gasteiger partial charge is 0.460 e. The van der Waals surface area contributed by atoms with Crippen LogP contribution in [0.5, 0.6) is 0 Å². The fourth-order valence-corrected chi connectivity index (χ4v) is 1.18. The molecule has 0 aromatic rings. The number of nitrogens with two attached hydrogens (primary N) is 1. The van der Waals surface area contributed by atoms with Gasteiger partial charge in [0, 0.05) is 6.61 Å². The third kappa shape index (κ3) is 4.29. The van der Waals surface area contributed by atoms with Gasteiger partial charge in [0.15, 0.2) is 0 Å². The number of hydrogen-bond acceptors (Lipinski definition) is 2. The maximum Gasteiger partial charge on any atom is 0.460 e. The first kappa shape index (κ1) is 29.9. The Morgan fingerprint density at radius 1 is 0.483 bits per heavy atom. The molecular weight excluding hydrogens is 473 g/mol. The van der Waals surface area contributed by atoms with Crippen LogP contribution in [0.25, 0.3) is 0 Å². The minimum Gasteiger partial charge on any atom is -0.397 e. The fourth-order valence-electron chi connectivity index (χ4n) is 1.18. The van der Waals surface area contributed by atoms with Crippen molar-refractivity contribution in [3.63, 3.8) is 0 Å². The molecule has 0 aromatic heterocycles. The summed E-state index contributed by atoms with van der Waals surface area (Å²) in [5, 5.41) is 7.57. The third-order valence-electron chi connectivity index (χ3n) is 2.75. The summed E-state index contributed by atoms with van der Waals surface area (Å²) >= 11 is 0. The van der Waals surface area contributed by atoms with Crippen molar-refractivity contribution in [2.75, 3.05) is 6.61 Å². The molecule has 0 rings (SSSR count). The van der Waals surface area contributed by atoms with Crippen molar-refractivity contribution in [2.45, 2.75) is 54.7 Å². The molecule has 0 fully saturated rings. The summed E-state index contributed by atoms with van der Waals surface area (Å²) < 4.78 is 211. The Balaban J connectivity index is 0. The second kappa shape index (κ2) is 7.77. The summed E-state index contributed by atoms with van der Waals surface area (Å²) in [6, 6.07) is -6.81. The van der Waals surface area contributed by atoms with Gasteiger partial charge >= 0.3 is 47.8 Å². The maximum absolute atomic E-state index is 12.9. The second-order valence-corrected chi connectivity index (χ2v) is 4.88. The Kier molecular flexibility index (Phi) is 8.02. The van der Waals surface area contributed by atoms with E-state index in [0.29, 0.717) is 0 Å². The van der Waals surface area contributed by atoms with Crippen LogP contribution in [0.1, 0.15) is 6.92 Å². The predicted molar refractivity (Wildman–Crippen MR) is 57.6 cm³/mol.